The second-order valence-electron chi connectivity index (χ2n) is 5.99. The van der Waals surface area contributed by atoms with E-state index in [1.54, 1.807) is 6.33 Å². The molecule has 0 unspecified atom stereocenters. The van der Waals surface area contributed by atoms with Crippen LogP contribution in [0.25, 0.3) is 22.4 Å². The molecule has 0 saturated heterocycles. The Bertz CT molecular complexity index is 815. The number of imidazole rings is 1. The van der Waals surface area contributed by atoms with Gasteiger partial charge in [0.2, 0.25) is 0 Å². The lowest BCUT2D eigenvalue weighted by Crippen LogP contribution is -2.03. The van der Waals surface area contributed by atoms with Gasteiger partial charge >= 0.3 is 6.18 Å². The number of rotatable bonds is 5. The van der Waals surface area contributed by atoms with Gasteiger partial charge in [0.1, 0.15) is 0 Å². The van der Waals surface area contributed by atoms with E-state index < -0.39 is 11.7 Å². The van der Waals surface area contributed by atoms with Gasteiger partial charge in [-0.15, -0.1) is 0 Å². The van der Waals surface area contributed by atoms with Crippen LogP contribution in [-0.4, -0.2) is 9.97 Å². The second-order valence-corrected chi connectivity index (χ2v) is 5.99. The van der Waals surface area contributed by atoms with Crippen molar-refractivity contribution in [1.82, 2.24) is 9.97 Å². The van der Waals surface area contributed by atoms with Crippen molar-refractivity contribution in [2.45, 2.75) is 32.4 Å². The fourth-order valence-corrected chi connectivity index (χ4v) is 2.79. The number of hydrogen-bond acceptors (Lipinski definition) is 1. The first kappa shape index (κ1) is 17.3. The van der Waals surface area contributed by atoms with Crippen molar-refractivity contribution in [2.75, 3.05) is 0 Å². The Morgan fingerprint density at radius 3 is 2.00 bits per heavy atom. The van der Waals surface area contributed by atoms with Gasteiger partial charge in [-0.2, -0.15) is 13.2 Å². The van der Waals surface area contributed by atoms with Crippen LogP contribution in [-0.2, 0) is 12.6 Å². The summed E-state index contributed by atoms with van der Waals surface area (Å²) >= 11 is 0. The van der Waals surface area contributed by atoms with Crippen molar-refractivity contribution in [3.8, 4) is 22.4 Å². The van der Waals surface area contributed by atoms with Crippen molar-refractivity contribution in [2.24, 2.45) is 0 Å². The van der Waals surface area contributed by atoms with Gasteiger partial charge in [-0.1, -0.05) is 49.7 Å². The molecule has 0 bridgehead atoms. The largest absolute Gasteiger partial charge is 0.416 e. The molecule has 0 aliphatic carbocycles. The predicted molar refractivity (Wildman–Crippen MR) is 93.1 cm³/mol. The summed E-state index contributed by atoms with van der Waals surface area (Å²) in [5.74, 6) is 0. The minimum Gasteiger partial charge on any atom is -0.348 e. The molecule has 0 aliphatic rings. The Labute approximate surface area is 144 Å². The van der Waals surface area contributed by atoms with E-state index in [-0.39, 0.29) is 0 Å². The zero-order valence-electron chi connectivity index (χ0n) is 13.9. The number of benzene rings is 2. The van der Waals surface area contributed by atoms with Gasteiger partial charge in [0.15, 0.2) is 0 Å². The van der Waals surface area contributed by atoms with E-state index >= 15 is 0 Å². The van der Waals surface area contributed by atoms with Crippen LogP contribution in [0, 0.1) is 0 Å². The van der Waals surface area contributed by atoms with E-state index in [2.05, 4.69) is 16.9 Å². The highest BCUT2D eigenvalue weighted by molar-refractivity contribution is 5.69. The number of halogens is 3. The van der Waals surface area contributed by atoms with Gasteiger partial charge in [-0.05, 0) is 36.1 Å². The fourth-order valence-electron chi connectivity index (χ4n) is 2.79. The SMILES string of the molecule is CCCCc1[nH]cnc1-c1ccc(-c2ccc(C(F)(F)F)cc2)cc1. The zero-order chi connectivity index (χ0) is 17.9. The number of unbranched alkanes of at least 4 members (excludes halogenated alkanes) is 1. The number of aromatic nitrogens is 2. The van der Waals surface area contributed by atoms with Crippen LogP contribution in [0.1, 0.15) is 31.0 Å². The van der Waals surface area contributed by atoms with E-state index in [1.807, 2.05) is 24.3 Å². The van der Waals surface area contributed by atoms with Crippen LogP contribution in [0.4, 0.5) is 13.2 Å². The number of nitrogens with one attached hydrogen (secondary N) is 1. The van der Waals surface area contributed by atoms with E-state index in [4.69, 9.17) is 0 Å². The van der Waals surface area contributed by atoms with Crippen molar-refractivity contribution in [3.05, 3.63) is 66.1 Å². The van der Waals surface area contributed by atoms with Crippen molar-refractivity contribution >= 4 is 0 Å². The third-order valence-corrected chi connectivity index (χ3v) is 4.20. The Morgan fingerprint density at radius 2 is 1.44 bits per heavy atom. The first-order valence-electron chi connectivity index (χ1n) is 8.29. The Morgan fingerprint density at radius 1 is 0.880 bits per heavy atom. The molecular formula is C20H19F3N2. The van der Waals surface area contributed by atoms with E-state index in [0.29, 0.717) is 0 Å². The number of aromatic amines is 1. The summed E-state index contributed by atoms with van der Waals surface area (Å²) in [7, 11) is 0. The lowest BCUT2D eigenvalue weighted by molar-refractivity contribution is -0.137. The van der Waals surface area contributed by atoms with Crippen LogP contribution in [0.5, 0.6) is 0 Å². The van der Waals surface area contributed by atoms with Gasteiger partial charge in [0, 0.05) is 11.3 Å². The number of alkyl halides is 3. The third-order valence-electron chi connectivity index (χ3n) is 4.20. The summed E-state index contributed by atoms with van der Waals surface area (Å²) in [6.45, 7) is 2.15. The molecule has 25 heavy (non-hydrogen) atoms. The molecule has 0 atom stereocenters. The molecule has 0 aliphatic heterocycles. The molecule has 3 aromatic rings. The van der Waals surface area contributed by atoms with Crippen LogP contribution in [0.2, 0.25) is 0 Å². The fraction of sp³-hybridized carbons (Fsp3) is 0.250. The van der Waals surface area contributed by atoms with Crippen LogP contribution in [0.3, 0.4) is 0 Å². The van der Waals surface area contributed by atoms with Crippen molar-refractivity contribution in [3.63, 3.8) is 0 Å². The molecule has 0 radical (unpaired) electrons. The Kier molecular flexibility index (Phi) is 4.93. The molecule has 1 N–H and O–H groups in total. The molecule has 5 heteroatoms. The number of H-pyrrole nitrogens is 1. The molecular weight excluding hydrogens is 325 g/mol. The molecule has 1 heterocycles. The van der Waals surface area contributed by atoms with Crippen LogP contribution >= 0.6 is 0 Å². The van der Waals surface area contributed by atoms with Crippen LogP contribution in [0.15, 0.2) is 54.9 Å². The quantitative estimate of drug-likeness (QED) is 0.595. The summed E-state index contributed by atoms with van der Waals surface area (Å²) in [6.07, 6.45) is 0.554. The highest BCUT2D eigenvalue weighted by Crippen LogP contribution is 2.31. The smallest absolute Gasteiger partial charge is 0.348 e. The van der Waals surface area contributed by atoms with Crippen molar-refractivity contribution in [1.29, 1.82) is 0 Å². The molecule has 3 rings (SSSR count). The van der Waals surface area contributed by atoms with Crippen molar-refractivity contribution < 1.29 is 13.2 Å². The van der Waals surface area contributed by atoms with Gasteiger partial charge in [0.05, 0.1) is 17.6 Å². The molecule has 1 aromatic heterocycles. The Balaban J connectivity index is 1.82. The highest BCUT2D eigenvalue weighted by atomic mass is 19.4. The van der Waals surface area contributed by atoms with Gasteiger partial charge in [-0.3, -0.25) is 0 Å². The minimum atomic E-state index is -4.31. The average molecular weight is 344 g/mol. The topological polar surface area (TPSA) is 28.7 Å². The number of nitrogens with zero attached hydrogens (tertiary/aromatic N) is 1. The maximum absolute atomic E-state index is 12.6. The number of hydrogen-bond donors (Lipinski definition) is 1. The van der Waals surface area contributed by atoms with Gasteiger partial charge < -0.3 is 4.98 Å². The first-order valence-corrected chi connectivity index (χ1v) is 8.29. The zero-order valence-corrected chi connectivity index (χ0v) is 13.9. The van der Waals surface area contributed by atoms with E-state index in [0.717, 1.165) is 59.5 Å². The molecule has 0 fully saturated rings. The summed E-state index contributed by atoms with van der Waals surface area (Å²) < 4.78 is 37.9. The van der Waals surface area contributed by atoms with E-state index in [9.17, 15) is 13.2 Å². The average Bonchev–Trinajstić information content (AvgIpc) is 3.08. The van der Waals surface area contributed by atoms with Crippen LogP contribution < -0.4 is 0 Å². The maximum atomic E-state index is 12.6. The third kappa shape index (κ3) is 3.92. The molecule has 130 valence electrons. The standard InChI is InChI=1S/C20H19F3N2/c1-2-3-4-18-19(25-13-24-18)16-7-5-14(6-8-16)15-9-11-17(12-10-15)20(21,22)23/h5-13H,2-4H2,1H3,(H,24,25). The number of aryl methyl sites for hydroxylation is 1. The highest BCUT2D eigenvalue weighted by Gasteiger charge is 2.29. The monoisotopic (exact) mass is 344 g/mol. The van der Waals surface area contributed by atoms with E-state index in [1.165, 1.54) is 12.1 Å². The Hall–Kier alpha value is -2.56. The maximum Gasteiger partial charge on any atom is 0.416 e. The first-order chi connectivity index (χ1) is 12.0. The lowest BCUT2D eigenvalue weighted by atomic mass is 10.0. The molecule has 2 nitrogen and oxygen atoms in total. The molecule has 0 saturated carbocycles. The summed E-state index contributed by atoms with van der Waals surface area (Å²) in [4.78, 5) is 7.59. The normalized spacial score (nSPS) is 11.7. The predicted octanol–water partition coefficient (Wildman–Crippen LogP) is 6.11. The summed E-state index contributed by atoms with van der Waals surface area (Å²) in [5, 5.41) is 0. The second kappa shape index (κ2) is 7.13. The lowest BCUT2D eigenvalue weighted by Gasteiger charge is -2.08. The minimum absolute atomic E-state index is 0.634. The molecule has 0 amide bonds. The summed E-state index contributed by atoms with van der Waals surface area (Å²) in [5.41, 5.74) is 4.06. The molecule has 0 spiro atoms. The summed E-state index contributed by atoms with van der Waals surface area (Å²) in [6, 6.07) is 13.0. The van der Waals surface area contributed by atoms with Gasteiger partial charge in [-0.25, -0.2) is 4.98 Å². The van der Waals surface area contributed by atoms with Gasteiger partial charge in [0.25, 0.3) is 0 Å². The molecule has 2 aromatic carbocycles.